The molecule has 0 radical (unpaired) electrons. The Kier molecular flexibility index (Phi) is 14.9. The second-order valence-corrected chi connectivity index (χ2v) is 15.9. The molecule has 3 saturated heterocycles. The van der Waals surface area contributed by atoms with Gasteiger partial charge in [-0.1, -0.05) is 25.9 Å². The molecule has 0 bridgehead atoms. The summed E-state index contributed by atoms with van der Waals surface area (Å²) >= 11 is 0. The number of carbonyl (C=O) groups is 3. The van der Waals surface area contributed by atoms with Gasteiger partial charge in [0.15, 0.2) is 17.7 Å². The number of unbranched alkanes of at least 4 members (excludes halogenated alkanes) is 1. The van der Waals surface area contributed by atoms with Crippen molar-refractivity contribution in [2.45, 2.75) is 153 Å². The van der Waals surface area contributed by atoms with Gasteiger partial charge in [-0.2, -0.15) is 0 Å². The second-order valence-electron chi connectivity index (χ2n) is 15.9. The van der Waals surface area contributed by atoms with Crippen molar-refractivity contribution in [3.8, 4) is 0 Å². The minimum atomic E-state index is -3.13. The molecule has 0 spiro atoms. The van der Waals surface area contributed by atoms with Gasteiger partial charge in [0, 0.05) is 49.7 Å². The lowest BCUT2D eigenvalue weighted by Gasteiger charge is -2.47. The van der Waals surface area contributed by atoms with E-state index in [1.165, 1.54) is 14.0 Å². The van der Waals surface area contributed by atoms with E-state index in [-0.39, 0.29) is 43.6 Å². The van der Waals surface area contributed by atoms with E-state index in [9.17, 15) is 19.5 Å². The van der Waals surface area contributed by atoms with Gasteiger partial charge in [-0.25, -0.2) is 14.0 Å². The number of azide groups is 1. The first-order valence-corrected chi connectivity index (χ1v) is 18.6. The van der Waals surface area contributed by atoms with Gasteiger partial charge in [-0.3, -0.25) is 9.69 Å². The van der Waals surface area contributed by atoms with E-state index in [1.54, 1.807) is 25.7 Å². The highest BCUT2D eigenvalue weighted by atomic mass is 19.1. The predicted octanol–water partition coefficient (Wildman–Crippen LogP) is 4.49. The SMILES string of the molecule is CC[C@H]1OC(=O)[C@](C)(F)C(=O)[C@@H](C)[C@@H](O[C@@H]2OC(C)CC(N(C)C)C2O)[C@](C)(OC)C[C@@H](C)CN(C)[C@H](C)[C@H]2N(CCCCN=[N+]=[N-])C(=O)O[C@]12C. The van der Waals surface area contributed by atoms with E-state index in [1.807, 2.05) is 46.8 Å². The van der Waals surface area contributed by atoms with Crippen LogP contribution in [0.3, 0.4) is 0 Å². The molecule has 3 rings (SSSR count). The van der Waals surface area contributed by atoms with E-state index < -0.39 is 71.3 Å². The Hall–Kier alpha value is -2.59. The van der Waals surface area contributed by atoms with Crippen molar-refractivity contribution in [3.05, 3.63) is 10.4 Å². The van der Waals surface area contributed by atoms with Crippen LogP contribution in [0.5, 0.6) is 0 Å². The molecule has 3 aliphatic rings. The number of esters is 1. The van der Waals surface area contributed by atoms with Gasteiger partial charge in [0.05, 0.1) is 23.9 Å². The van der Waals surface area contributed by atoms with Gasteiger partial charge in [0.2, 0.25) is 0 Å². The number of fused-ring (bicyclic) bond motifs is 1. The minimum Gasteiger partial charge on any atom is -0.455 e. The molecule has 3 heterocycles. The largest absolute Gasteiger partial charge is 0.455 e. The number of rotatable bonds is 10. The maximum Gasteiger partial charge on any atom is 0.410 e. The summed E-state index contributed by atoms with van der Waals surface area (Å²) in [6, 6.07) is -1.29. The molecular weight excluding hydrogens is 679 g/mol. The highest BCUT2D eigenvalue weighted by molar-refractivity contribution is 6.07. The van der Waals surface area contributed by atoms with Gasteiger partial charge in [0.25, 0.3) is 5.67 Å². The van der Waals surface area contributed by atoms with Crippen molar-refractivity contribution < 1.29 is 47.6 Å². The maximum atomic E-state index is 16.8. The zero-order valence-corrected chi connectivity index (χ0v) is 33.2. The molecule has 0 aromatic carbocycles. The van der Waals surface area contributed by atoms with Crippen molar-refractivity contribution in [3.63, 3.8) is 0 Å². The summed E-state index contributed by atoms with van der Waals surface area (Å²) < 4.78 is 47.5. The quantitative estimate of drug-likeness (QED) is 0.0834. The lowest BCUT2D eigenvalue weighted by Crippen LogP contribution is -2.61. The minimum absolute atomic E-state index is 0.0974. The Balaban J connectivity index is 2.11. The number of halogens is 1. The Morgan fingerprint density at radius 1 is 1.13 bits per heavy atom. The number of nitrogens with zero attached hydrogens (tertiary/aromatic N) is 6. The van der Waals surface area contributed by atoms with Crippen molar-refractivity contribution in [1.82, 2.24) is 14.7 Å². The van der Waals surface area contributed by atoms with Crippen LogP contribution in [-0.4, -0.2) is 151 Å². The van der Waals surface area contributed by atoms with Crippen LogP contribution < -0.4 is 0 Å². The van der Waals surface area contributed by atoms with Crippen LogP contribution in [0.4, 0.5) is 9.18 Å². The summed E-state index contributed by atoms with van der Waals surface area (Å²) in [5.41, 5.74) is 2.92. The molecule has 3 fully saturated rings. The number of ether oxygens (including phenoxy) is 5. The third kappa shape index (κ3) is 9.19. The zero-order chi connectivity index (χ0) is 39.3. The Morgan fingerprint density at radius 2 is 1.79 bits per heavy atom. The number of amides is 1. The number of hydrogen-bond donors (Lipinski definition) is 1. The molecule has 0 aromatic heterocycles. The molecule has 15 nitrogen and oxygen atoms in total. The fraction of sp³-hybridized carbons (Fsp3) is 0.917. The van der Waals surface area contributed by atoms with E-state index in [2.05, 4.69) is 14.9 Å². The summed E-state index contributed by atoms with van der Waals surface area (Å²) in [6.07, 6.45) is -3.28. The van der Waals surface area contributed by atoms with Gasteiger partial charge in [0.1, 0.15) is 12.2 Å². The first-order valence-electron chi connectivity index (χ1n) is 18.6. The number of methoxy groups -OCH3 is 1. The molecule has 13 atom stereocenters. The highest BCUT2D eigenvalue weighted by Crippen LogP contribution is 2.42. The fourth-order valence-corrected chi connectivity index (χ4v) is 8.54. The highest BCUT2D eigenvalue weighted by Gasteiger charge is 2.60. The van der Waals surface area contributed by atoms with Crippen molar-refractivity contribution >= 4 is 17.8 Å². The first kappa shape index (κ1) is 43.8. The van der Waals surface area contributed by atoms with Crippen LogP contribution in [0, 0.1) is 11.8 Å². The fourth-order valence-electron chi connectivity index (χ4n) is 8.54. The topological polar surface area (TPSA) is 176 Å². The number of cyclic esters (lactones) is 1. The molecule has 0 aromatic rings. The van der Waals surface area contributed by atoms with Gasteiger partial charge in [-0.15, -0.1) is 0 Å². The zero-order valence-electron chi connectivity index (χ0n) is 33.2. The van der Waals surface area contributed by atoms with Crippen LogP contribution in [0.25, 0.3) is 10.4 Å². The maximum absolute atomic E-state index is 16.8. The third-order valence-electron chi connectivity index (χ3n) is 11.5. The smallest absolute Gasteiger partial charge is 0.410 e. The van der Waals surface area contributed by atoms with E-state index >= 15 is 4.39 Å². The number of Topliss-reactive ketones (excluding diaryl/α,β-unsaturated/α-hetero) is 1. The Bertz CT molecular complexity index is 1300. The average Bonchev–Trinajstić information content (AvgIpc) is 3.34. The number of carbonyl (C=O) groups excluding carboxylic acids is 3. The third-order valence-corrected chi connectivity index (χ3v) is 11.5. The Labute approximate surface area is 308 Å². The summed E-state index contributed by atoms with van der Waals surface area (Å²) in [5.74, 6) is -3.85. The molecule has 52 heavy (non-hydrogen) atoms. The molecule has 0 saturated carbocycles. The lowest BCUT2D eigenvalue weighted by molar-refractivity contribution is -0.295. The number of likely N-dealkylation sites (N-methyl/N-ethyl adjacent to an activating group) is 2. The predicted molar refractivity (Wildman–Crippen MR) is 191 cm³/mol. The van der Waals surface area contributed by atoms with Crippen LogP contribution in [0.15, 0.2) is 5.11 Å². The number of hydrogen-bond acceptors (Lipinski definition) is 12. The van der Waals surface area contributed by atoms with E-state index in [0.29, 0.717) is 32.2 Å². The molecule has 298 valence electrons. The number of aliphatic hydroxyl groups is 1. The molecule has 0 aliphatic carbocycles. The monoisotopic (exact) mass is 742 g/mol. The lowest BCUT2D eigenvalue weighted by atomic mass is 9.77. The standard InChI is InChI=1S/C36H63FN6O9/c1-13-26-36(8)28(43(33(47)52-36)17-15-14-16-39-40-38)24(5)42(11)20-21(2)19-34(6,48-12)30(23(4)29(45)35(7,37)32(46)50-26)51-31-27(44)25(41(9)10)18-22(3)49-31/h21-28,30-31,44H,13-20H2,1-12H3/t21-,22?,23-,24-,25?,26-,27?,28-,30-,31+,34-,35-,36-/m1/s1. The molecule has 1 N–H and O–H groups in total. The van der Waals surface area contributed by atoms with Crippen molar-refractivity contribution in [1.29, 1.82) is 0 Å². The molecule has 1 amide bonds. The summed E-state index contributed by atoms with van der Waals surface area (Å²) in [4.78, 5) is 50.0. The number of ketones is 1. The average molecular weight is 743 g/mol. The summed E-state index contributed by atoms with van der Waals surface area (Å²) in [6.45, 7) is 14.5. The number of alkyl halides is 1. The number of aliphatic hydroxyl groups excluding tert-OH is 1. The van der Waals surface area contributed by atoms with Crippen LogP contribution in [-0.2, 0) is 33.3 Å². The van der Waals surface area contributed by atoms with Crippen LogP contribution >= 0.6 is 0 Å². The normalized spacial score (nSPS) is 41.4. The molecule has 3 aliphatic heterocycles. The van der Waals surface area contributed by atoms with E-state index in [0.717, 1.165) is 6.92 Å². The molecular formula is C36H63FN6O9. The van der Waals surface area contributed by atoms with Gasteiger partial charge >= 0.3 is 12.1 Å². The van der Waals surface area contributed by atoms with Crippen LogP contribution in [0.1, 0.15) is 87.5 Å². The van der Waals surface area contributed by atoms with Crippen molar-refractivity contribution in [2.75, 3.05) is 47.9 Å². The second kappa shape index (κ2) is 17.7. The summed E-state index contributed by atoms with van der Waals surface area (Å²) in [7, 11) is 7.13. The van der Waals surface area contributed by atoms with E-state index in [4.69, 9.17) is 29.2 Å². The Morgan fingerprint density at radius 3 is 2.37 bits per heavy atom. The first-order chi connectivity index (χ1) is 24.2. The van der Waals surface area contributed by atoms with Crippen molar-refractivity contribution in [2.24, 2.45) is 17.0 Å². The molecule has 3 unspecified atom stereocenters. The molecule has 16 heteroatoms. The summed E-state index contributed by atoms with van der Waals surface area (Å²) in [5, 5.41) is 15.0. The van der Waals surface area contributed by atoms with Gasteiger partial charge in [-0.05, 0) is 99.3 Å². The van der Waals surface area contributed by atoms with Crippen LogP contribution in [0.2, 0.25) is 0 Å². The van der Waals surface area contributed by atoms with Gasteiger partial charge < -0.3 is 38.6 Å².